The van der Waals surface area contributed by atoms with Gasteiger partial charge in [-0.15, -0.1) is 0 Å². The first-order valence-electron chi connectivity index (χ1n) is 6.90. The molecule has 0 aromatic heterocycles. The van der Waals surface area contributed by atoms with Crippen LogP contribution in [0.2, 0.25) is 0 Å². The lowest BCUT2D eigenvalue weighted by Crippen LogP contribution is -2.33. The molecule has 2 N–H and O–H groups in total. The smallest absolute Gasteiger partial charge is 0.253 e. The maximum Gasteiger partial charge on any atom is 0.253 e. The Kier molecular flexibility index (Phi) is 4.77. The van der Waals surface area contributed by atoms with E-state index in [2.05, 4.69) is 0 Å². The summed E-state index contributed by atoms with van der Waals surface area (Å²) in [4.78, 5) is 14.2. The van der Waals surface area contributed by atoms with Gasteiger partial charge in [0, 0.05) is 18.7 Å². The number of nitrogens with two attached hydrogens (primary N) is 1. The standard InChI is InChI=1S/C14H20N2O3S/c15-20(18,19)13-8-6-7-12(11-13)14(17)16-9-4-2-1-3-5-10-16/h6-8,11H,1-5,9-10H2,(H2,15,18,19). The van der Waals surface area contributed by atoms with Crippen molar-refractivity contribution in [2.24, 2.45) is 5.14 Å². The number of hydrogen-bond acceptors (Lipinski definition) is 3. The first-order chi connectivity index (χ1) is 9.48. The van der Waals surface area contributed by atoms with E-state index in [0.717, 1.165) is 38.8 Å². The van der Waals surface area contributed by atoms with Gasteiger partial charge in [-0.3, -0.25) is 4.79 Å². The third kappa shape index (κ3) is 3.80. The van der Waals surface area contributed by atoms with Crippen molar-refractivity contribution in [2.75, 3.05) is 13.1 Å². The van der Waals surface area contributed by atoms with Crippen LogP contribution in [0.15, 0.2) is 29.2 Å². The van der Waals surface area contributed by atoms with E-state index in [1.165, 1.54) is 18.6 Å². The Hall–Kier alpha value is -1.40. The molecule has 1 heterocycles. The summed E-state index contributed by atoms with van der Waals surface area (Å²) < 4.78 is 22.7. The molecule has 0 aliphatic carbocycles. The van der Waals surface area contributed by atoms with Crippen LogP contribution >= 0.6 is 0 Å². The molecule has 0 saturated carbocycles. The van der Waals surface area contributed by atoms with Crippen molar-refractivity contribution in [3.63, 3.8) is 0 Å². The van der Waals surface area contributed by atoms with E-state index >= 15 is 0 Å². The second-order valence-electron chi connectivity index (χ2n) is 5.13. The van der Waals surface area contributed by atoms with Crippen molar-refractivity contribution in [1.82, 2.24) is 4.90 Å². The van der Waals surface area contributed by atoms with E-state index in [0.29, 0.717) is 5.56 Å². The molecule has 1 aliphatic rings. The van der Waals surface area contributed by atoms with Crippen LogP contribution < -0.4 is 5.14 Å². The van der Waals surface area contributed by atoms with Gasteiger partial charge in [0.05, 0.1) is 4.90 Å². The summed E-state index contributed by atoms with van der Waals surface area (Å²) in [6, 6.07) is 5.95. The quantitative estimate of drug-likeness (QED) is 0.902. The number of primary sulfonamides is 1. The molecule has 0 bridgehead atoms. The van der Waals surface area contributed by atoms with E-state index in [1.54, 1.807) is 17.0 Å². The Labute approximate surface area is 119 Å². The Balaban J connectivity index is 2.19. The van der Waals surface area contributed by atoms with Crippen LogP contribution in [0.25, 0.3) is 0 Å². The van der Waals surface area contributed by atoms with Crippen LogP contribution in [-0.2, 0) is 10.0 Å². The highest BCUT2D eigenvalue weighted by Gasteiger charge is 2.18. The zero-order valence-corrected chi connectivity index (χ0v) is 12.2. The first kappa shape index (κ1) is 15.0. The number of likely N-dealkylation sites (tertiary alicyclic amines) is 1. The molecular formula is C14H20N2O3S. The van der Waals surface area contributed by atoms with Gasteiger partial charge < -0.3 is 4.90 Å². The first-order valence-corrected chi connectivity index (χ1v) is 8.45. The minimum atomic E-state index is -3.77. The highest BCUT2D eigenvalue weighted by Crippen LogP contribution is 2.16. The summed E-state index contributed by atoms with van der Waals surface area (Å²) in [5.74, 6) is -0.114. The topological polar surface area (TPSA) is 80.5 Å². The summed E-state index contributed by atoms with van der Waals surface area (Å²) >= 11 is 0. The zero-order valence-electron chi connectivity index (χ0n) is 11.4. The lowest BCUT2D eigenvalue weighted by atomic mass is 10.1. The highest BCUT2D eigenvalue weighted by atomic mass is 32.2. The van der Waals surface area contributed by atoms with Gasteiger partial charge in [-0.25, -0.2) is 13.6 Å². The third-order valence-electron chi connectivity index (χ3n) is 3.55. The van der Waals surface area contributed by atoms with Crippen molar-refractivity contribution in [3.05, 3.63) is 29.8 Å². The van der Waals surface area contributed by atoms with E-state index in [9.17, 15) is 13.2 Å². The second-order valence-corrected chi connectivity index (χ2v) is 6.69. The van der Waals surface area contributed by atoms with E-state index < -0.39 is 10.0 Å². The predicted molar refractivity (Wildman–Crippen MR) is 76.8 cm³/mol. The minimum Gasteiger partial charge on any atom is -0.339 e. The SMILES string of the molecule is NS(=O)(=O)c1cccc(C(=O)N2CCCCCCC2)c1. The van der Waals surface area contributed by atoms with E-state index in [1.807, 2.05) is 0 Å². The molecule has 5 nitrogen and oxygen atoms in total. The molecule has 1 aromatic carbocycles. The summed E-state index contributed by atoms with van der Waals surface area (Å²) in [6.45, 7) is 1.47. The lowest BCUT2D eigenvalue weighted by Gasteiger charge is -2.25. The van der Waals surface area contributed by atoms with Gasteiger partial charge in [-0.2, -0.15) is 0 Å². The molecular weight excluding hydrogens is 276 g/mol. The van der Waals surface area contributed by atoms with Gasteiger partial charge in [-0.1, -0.05) is 25.3 Å². The van der Waals surface area contributed by atoms with Crippen LogP contribution in [-0.4, -0.2) is 32.3 Å². The summed E-state index contributed by atoms with van der Waals surface area (Å²) in [5.41, 5.74) is 0.386. The molecule has 2 rings (SSSR count). The molecule has 20 heavy (non-hydrogen) atoms. The largest absolute Gasteiger partial charge is 0.339 e. The molecule has 1 fully saturated rings. The molecule has 0 unspecified atom stereocenters. The van der Waals surface area contributed by atoms with Crippen molar-refractivity contribution in [2.45, 2.75) is 37.0 Å². The molecule has 1 aliphatic heterocycles. The van der Waals surface area contributed by atoms with Gasteiger partial charge in [-0.05, 0) is 31.0 Å². The predicted octanol–water partition coefficient (Wildman–Crippen LogP) is 1.74. The Morgan fingerprint density at radius 2 is 1.65 bits per heavy atom. The van der Waals surface area contributed by atoms with E-state index in [-0.39, 0.29) is 10.8 Å². The Morgan fingerprint density at radius 1 is 1.05 bits per heavy atom. The Bertz CT molecular complexity index is 576. The molecule has 0 atom stereocenters. The summed E-state index contributed by atoms with van der Waals surface area (Å²) in [5, 5.41) is 5.10. The monoisotopic (exact) mass is 296 g/mol. The number of carbonyl (C=O) groups excluding carboxylic acids is 1. The maximum atomic E-state index is 12.4. The van der Waals surface area contributed by atoms with Gasteiger partial charge in [0.25, 0.3) is 5.91 Å². The van der Waals surface area contributed by atoms with Gasteiger partial charge in [0.2, 0.25) is 10.0 Å². The van der Waals surface area contributed by atoms with Crippen LogP contribution in [0.3, 0.4) is 0 Å². The molecule has 1 aromatic rings. The van der Waals surface area contributed by atoms with Crippen molar-refractivity contribution in [3.8, 4) is 0 Å². The minimum absolute atomic E-state index is 0.0182. The van der Waals surface area contributed by atoms with Gasteiger partial charge >= 0.3 is 0 Å². The number of amides is 1. The van der Waals surface area contributed by atoms with Crippen LogP contribution in [0.1, 0.15) is 42.5 Å². The number of benzene rings is 1. The fourth-order valence-electron chi connectivity index (χ4n) is 2.44. The third-order valence-corrected chi connectivity index (χ3v) is 4.46. The average molecular weight is 296 g/mol. The molecule has 0 spiro atoms. The maximum absolute atomic E-state index is 12.4. The fourth-order valence-corrected chi connectivity index (χ4v) is 3.00. The summed E-state index contributed by atoms with van der Waals surface area (Å²) in [6.07, 6.45) is 5.51. The summed E-state index contributed by atoms with van der Waals surface area (Å²) in [7, 11) is -3.77. The molecule has 110 valence electrons. The lowest BCUT2D eigenvalue weighted by molar-refractivity contribution is 0.0742. The molecule has 1 saturated heterocycles. The van der Waals surface area contributed by atoms with Crippen LogP contribution in [0, 0.1) is 0 Å². The highest BCUT2D eigenvalue weighted by molar-refractivity contribution is 7.89. The number of rotatable bonds is 2. The van der Waals surface area contributed by atoms with Crippen LogP contribution in [0.4, 0.5) is 0 Å². The molecule has 1 amide bonds. The van der Waals surface area contributed by atoms with Crippen LogP contribution in [0.5, 0.6) is 0 Å². The molecule has 0 radical (unpaired) electrons. The van der Waals surface area contributed by atoms with E-state index in [4.69, 9.17) is 5.14 Å². The normalized spacial score (nSPS) is 17.4. The number of hydrogen-bond donors (Lipinski definition) is 1. The van der Waals surface area contributed by atoms with Gasteiger partial charge in [0.15, 0.2) is 0 Å². The zero-order chi connectivity index (χ0) is 14.6. The fraction of sp³-hybridized carbons (Fsp3) is 0.500. The van der Waals surface area contributed by atoms with Crippen molar-refractivity contribution >= 4 is 15.9 Å². The van der Waals surface area contributed by atoms with Crippen molar-refractivity contribution < 1.29 is 13.2 Å². The van der Waals surface area contributed by atoms with Gasteiger partial charge in [0.1, 0.15) is 0 Å². The number of nitrogens with zero attached hydrogens (tertiary/aromatic N) is 1. The number of sulfonamides is 1. The molecule has 6 heteroatoms. The second kappa shape index (κ2) is 6.37. The van der Waals surface area contributed by atoms with Crippen molar-refractivity contribution in [1.29, 1.82) is 0 Å². The number of carbonyl (C=O) groups is 1. The average Bonchev–Trinajstić information content (AvgIpc) is 2.37. The Morgan fingerprint density at radius 3 is 2.25 bits per heavy atom.